The quantitative estimate of drug-likeness (QED) is 0.808. The number of ether oxygens (including phenoxy) is 2. The topological polar surface area (TPSA) is 76.1 Å². The van der Waals surface area contributed by atoms with Crippen molar-refractivity contribution < 1.29 is 24.2 Å². The number of piperidine rings is 1. The molecule has 0 spiro atoms. The van der Waals surface area contributed by atoms with Crippen LogP contribution in [0.5, 0.6) is 11.5 Å². The highest BCUT2D eigenvalue weighted by atomic mass is 16.5. The summed E-state index contributed by atoms with van der Waals surface area (Å²) in [5.41, 5.74) is 0.486. The average Bonchev–Trinajstić information content (AvgIpc) is 2.59. The van der Waals surface area contributed by atoms with E-state index in [1.165, 1.54) is 7.11 Å². The number of ketones is 1. The van der Waals surface area contributed by atoms with Crippen molar-refractivity contribution in [3.05, 3.63) is 23.8 Å². The lowest BCUT2D eigenvalue weighted by molar-refractivity contribution is -0.143. The molecule has 0 radical (unpaired) electrons. The van der Waals surface area contributed by atoms with E-state index < -0.39 is 5.97 Å². The van der Waals surface area contributed by atoms with E-state index in [-0.39, 0.29) is 17.7 Å². The molecule has 1 atom stereocenters. The number of carboxylic acids is 1. The van der Waals surface area contributed by atoms with Crippen LogP contribution < -0.4 is 9.47 Å². The zero-order valence-corrected chi connectivity index (χ0v) is 13.7. The Kier molecular flexibility index (Phi) is 5.60. The van der Waals surface area contributed by atoms with Gasteiger partial charge in [0.2, 0.25) is 0 Å². The van der Waals surface area contributed by atoms with Gasteiger partial charge < -0.3 is 14.6 Å². The van der Waals surface area contributed by atoms with Crippen LogP contribution in [0.3, 0.4) is 0 Å². The molecule has 0 aliphatic carbocycles. The SMILES string of the molecule is COc1ccc(OC)c(C(=O)C(C)N2CCC(C(=O)O)CC2)c1. The highest BCUT2D eigenvalue weighted by Crippen LogP contribution is 2.27. The van der Waals surface area contributed by atoms with Gasteiger partial charge in [-0.15, -0.1) is 0 Å². The third kappa shape index (κ3) is 3.82. The number of carbonyl (C=O) groups is 2. The minimum Gasteiger partial charge on any atom is -0.497 e. The van der Waals surface area contributed by atoms with Gasteiger partial charge in [-0.25, -0.2) is 0 Å². The van der Waals surface area contributed by atoms with Gasteiger partial charge in [-0.2, -0.15) is 0 Å². The predicted octanol–water partition coefficient (Wildman–Crippen LogP) is 2.07. The van der Waals surface area contributed by atoms with Gasteiger partial charge in [0.05, 0.1) is 31.7 Å². The number of nitrogens with zero attached hydrogens (tertiary/aromatic N) is 1. The first-order chi connectivity index (χ1) is 11.0. The lowest BCUT2D eigenvalue weighted by atomic mass is 9.94. The molecule has 1 aromatic carbocycles. The molecule has 1 aliphatic rings. The molecule has 1 fully saturated rings. The summed E-state index contributed by atoms with van der Waals surface area (Å²) >= 11 is 0. The molecule has 6 heteroatoms. The number of Topliss-reactive ketones (excluding diaryl/α,β-unsaturated/α-hetero) is 1. The van der Waals surface area contributed by atoms with E-state index in [1.807, 2.05) is 11.8 Å². The number of methoxy groups -OCH3 is 2. The summed E-state index contributed by atoms with van der Waals surface area (Å²) in [5.74, 6) is 0.0153. The molecule has 0 aromatic heterocycles. The van der Waals surface area contributed by atoms with Gasteiger partial charge in [0.15, 0.2) is 5.78 Å². The van der Waals surface area contributed by atoms with Crippen LogP contribution in [0, 0.1) is 5.92 Å². The number of rotatable bonds is 6. The van der Waals surface area contributed by atoms with Crippen LogP contribution in [-0.4, -0.2) is 55.1 Å². The minimum absolute atomic E-state index is 0.0467. The van der Waals surface area contributed by atoms with Crippen molar-refractivity contribution in [2.45, 2.75) is 25.8 Å². The van der Waals surface area contributed by atoms with Crippen LogP contribution in [0.1, 0.15) is 30.1 Å². The first-order valence-electron chi connectivity index (χ1n) is 7.71. The fourth-order valence-corrected chi connectivity index (χ4v) is 2.93. The lowest BCUT2D eigenvalue weighted by Crippen LogP contribution is -2.45. The maximum Gasteiger partial charge on any atom is 0.306 e. The van der Waals surface area contributed by atoms with Gasteiger partial charge in [-0.3, -0.25) is 14.5 Å². The Labute approximate surface area is 136 Å². The molecule has 6 nitrogen and oxygen atoms in total. The van der Waals surface area contributed by atoms with E-state index in [0.29, 0.717) is 43.0 Å². The summed E-state index contributed by atoms with van der Waals surface area (Å²) in [4.78, 5) is 25.9. The second-order valence-corrected chi connectivity index (χ2v) is 5.75. The molecular formula is C17H23NO5. The molecule has 1 saturated heterocycles. The van der Waals surface area contributed by atoms with Crippen LogP contribution in [0.15, 0.2) is 18.2 Å². The first kappa shape index (κ1) is 17.3. The molecular weight excluding hydrogens is 298 g/mol. The number of hydrogen-bond acceptors (Lipinski definition) is 5. The van der Waals surface area contributed by atoms with Crippen LogP contribution >= 0.6 is 0 Å². The van der Waals surface area contributed by atoms with Crippen molar-refractivity contribution in [1.82, 2.24) is 4.90 Å². The summed E-state index contributed by atoms with van der Waals surface area (Å²) in [6, 6.07) is 4.82. The minimum atomic E-state index is -0.752. The van der Waals surface area contributed by atoms with Gasteiger partial charge in [0, 0.05) is 0 Å². The van der Waals surface area contributed by atoms with E-state index in [0.717, 1.165) is 0 Å². The fraction of sp³-hybridized carbons (Fsp3) is 0.529. The van der Waals surface area contributed by atoms with Gasteiger partial charge in [-0.1, -0.05) is 0 Å². The highest BCUT2D eigenvalue weighted by molar-refractivity contribution is 6.02. The van der Waals surface area contributed by atoms with E-state index in [9.17, 15) is 9.59 Å². The first-order valence-corrected chi connectivity index (χ1v) is 7.71. The Morgan fingerprint density at radius 1 is 1.22 bits per heavy atom. The molecule has 1 N–H and O–H groups in total. The Balaban J connectivity index is 2.12. The molecule has 0 saturated carbocycles. The molecule has 1 unspecified atom stereocenters. The standard InChI is InChI=1S/C17H23NO5/c1-11(18-8-6-12(7-9-18)17(20)21)16(19)14-10-13(22-2)4-5-15(14)23-3/h4-5,10-12H,6-9H2,1-3H3,(H,20,21). The summed E-state index contributed by atoms with van der Waals surface area (Å²) in [6.45, 7) is 3.06. The zero-order chi connectivity index (χ0) is 17.0. The number of carbonyl (C=O) groups excluding carboxylic acids is 1. The van der Waals surface area contributed by atoms with Gasteiger partial charge >= 0.3 is 5.97 Å². The third-order valence-corrected chi connectivity index (χ3v) is 4.48. The number of benzene rings is 1. The Morgan fingerprint density at radius 2 is 1.87 bits per heavy atom. The second-order valence-electron chi connectivity index (χ2n) is 5.75. The van der Waals surface area contributed by atoms with Gasteiger partial charge in [0.25, 0.3) is 0 Å². The monoisotopic (exact) mass is 321 g/mol. The van der Waals surface area contributed by atoms with Crippen molar-refractivity contribution in [1.29, 1.82) is 0 Å². The van der Waals surface area contributed by atoms with E-state index in [2.05, 4.69) is 0 Å². The van der Waals surface area contributed by atoms with Crippen molar-refractivity contribution in [2.24, 2.45) is 5.92 Å². The van der Waals surface area contributed by atoms with Crippen LogP contribution in [0.4, 0.5) is 0 Å². The molecule has 1 aromatic rings. The smallest absolute Gasteiger partial charge is 0.306 e. The normalized spacial score (nSPS) is 17.5. The van der Waals surface area contributed by atoms with Crippen molar-refractivity contribution in [2.75, 3.05) is 27.3 Å². The largest absolute Gasteiger partial charge is 0.497 e. The fourth-order valence-electron chi connectivity index (χ4n) is 2.93. The highest BCUT2D eigenvalue weighted by Gasteiger charge is 2.31. The predicted molar refractivity (Wildman–Crippen MR) is 85.3 cm³/mol. The number of aliphatic carboxylic acids is 1. The molecule has 0 amide bonds. The molecule has 126 valence electrons. The van der Waals surface area contributed by atoms with Gasteiger partial charge in [0.1, 0.15) is 11.5 Å². The Bertz CT molecular complexity index is 578. The number of carboxylic acid groups (broad SMARTS) is 1. The average molecular weight is 321 g/mol. The Morgan fingerprint density at radius 3 is 2.39 bits per heavy atom. The molecule has 1 aliphatic heterocycles. The maximum atomic E-state index is 12.8. The van der Waals surface area contributed by atoms with Gasteiger partial charge in [-0.05, 0) is 51.1 Å². The lowest BCUT2D eigenvalue weighted by Gasteiger charge is -2.34. The van der Waals surface area contributed by atoms with Crippen LogP contribution in [0.25, 0.3) is 0 Å². The second kappa shape index (κ2) is 7.46. The molecule has 23 heavy (non-hydrogen) atoms. The van der Waals surface area contributed by atoms with E-state index >= 15 is 0 Å². The van der Waals surface area contributed by atoms with E-state index in [1.54, 1.807) is 25.3 Å². The summed E-state index contributed by atoms with van der Waals surface area (Å²) in [6.07, 6.45) is 1.14. The van der Waals surface area contributed by atoms with Crippen molar-refractivity contribution in [3.8, 4) is 11.5 Å². The van der Waals surface area contributed by atoms with Crippen molar-refractivity contribution in [3.63, 3.8) is 0 Å². The van der Waals surface area contributed by atoms with Crippen LogP contribution in [-0.2, 0) is 4.79 Å². The summed E-state index contributed by atoms with van der Waals surface area (Å²) in [5, 5.41) is 9.06. The molecule has 2 rings (SSSR count). The Hall–Kier alpha value is -2.08. The summed E-state index contributed by atoms with van der Waals surface area (Å²) < 4.78 is 10.5. The zero-order valence-electron chi connectivity index (χ0n) is 13.7. The van der Waals surface area contributed by atoms with Crippen LogP contribution in [0.2, 0.25) is 0 Å². The molecule has 0 bridgehead atoms. The third-order valence-electron chi connectivity index (χ3n) is 4.48. The van der Waals surface area contributed by atoms with E-state index in [4.69, 9.17) is 14.6 Å². The molecule has 1 heterocycles. The van der Waals surface area contributed by atoms with Crippen molar-refractivity contribution >= 4 is 11.8 Å². The number of hydrogen-bond donors (Lipinski definition) is 1. The number of likely N-dealkylation sites (tertiary alicyclic amines) is 1. The maximum absolute atomic E-state index is 12.8. The summed E-state index contributed by atoms with van der Waals surface area (Å²) in [7, 11) is 3.08.